The molecule has 7 rings (SSSR count). The molecule has 180 valence electrons. The first-order valence-electron chi connectivity index (χ1n) is 14.8. The summed E-state index contributed by atoms with van der Waals surface area (Å²) in [4.78, 5) is 0. The third kappa shape index (κ3) is 3.34. The molecule has 3 aromatic carbocycles. The number of hydrogen-bond acceptors (Lipinski definition) is 1. The van der Waals surface area contributed by atoms with Gasteiger partial charge >= 0.3 is 0 Å². The Morgan fingerprint density at radius 3 is 2.50 bits per heavy atom. The highest BCUT2D eigenvalue weighted by atomic mass is 16.3. The average Bonchev–Trinajstić information content (AvgIpc) is 3.42. The largest absolute Gasteiger partial charge is 0.454 e. The quantitative estimate of drug-likeness (QED) is 0.239. The van der Waals surface area contributed by atoms with Gasteiger partial charge in [-0.05, 0) is 72.7 Å². The predicted molar refractivity (Wildman–Crippen MR) is 148 cm³/mol. The van der Waals surface area contributed by atoms with E-state index in [1.165, 1.54) is 6.42 Å². The second-order valence-corrected chi connectivity index (χ2v) is 10.6. The van der Waals surface area contributed by atoms with Crippen LogP contribution in [0.5, 0.6) is 0 Å². The summed E-state index contributed by atoms with van der Waals surface area (Å²) in [6.07, 6.45) is 6.24. The van der Waals surface area contributed by atoms with Crippen molar-refractivity contribution in [1.29, 1.82) is 0 Å². The molecule has 2 heterocycles. The maximum atomic E-state index is 9.62. The minimum atomic E-state index is -1.57. The van der Waals surface area contributed by atoms with Crippen LogP contribution in [-0.4, -0.2) is 0 Å². The molecule has 0 radical (unpaired) electrons. The van der Waals surface area contributed by atoms with E-state index in [4.69, 9.17) is 7.16 Å². The molecular weight excluding hydrogens is 438 g/mol. The summed E-state index contributed by atoms with van der Waals surface area (Å²) >= 11 is 0. The Morgan fingerprint density at radius 2 is 1.64 bits per heavy atom. The van der Waals surface area contributed by atoms with Gasteiger partial charge in [0.05, 0.1) is 5.56 Å². The van der Waals surface area contributed by atoms with E-state index in [0.717, 1.165) is 81.1 Å². The highest BCUT2D eigenvalue weighted by Gasteiger charge is 2.32. The first-order valence-corrected chi connectivity index (χ1v) is 13.3. The first kappa shape index (κ1) is 18.8. The van der Waals surface area contributed by atoms with Crippen LogP contribution in [0, 0.1) is 12.8 Å². The van der Waals surface area contributed by atoms with E-state index in [1.54, 1.807) is 0 Å². The fourth-order valence-corrected chi connectivity index (χ4v) is 6.60. The fraction of sp³-hybridized carbons (Fsp3) is 0.324. The van der Waals surface area contributed by atoms with Gasteiger partial charge in [0.1, 0.15) is 18.2 Å². The van der Waals surface area contributed by atoms with Crippen molar-refractivity contribution in [3.63, 3.8) is 0 Å². The van der Waals surface area contributed by atoms with Gasteiger partial charge in [0, 0.05) is 32.6 Å². The molecule has 0 spiro atoms. The predicted octanol–water partition coefficient (Wildman–Crippen LogP) is 8.66. The Balaban J connectivity index is 1.48. The first-order chi connectivity index (χ1) is 18.8. The molecule has 2 aliphatic rings. The third-order valence-electron chi connectivity index (χ3n) is 8.44. The molecule has 1 unspecified atom stereocenters. The number of aromatic nitrogens is 1. The zero-order valence-electron chi connectivity index (χ0n) is 24.1. The van der Waals surface area contributed by atoms with Crippen LogP contribution in [0.2, 0.25) is 0 Å². The van der Waals surface area contributed by atoms with E-state index in [9.17, 15) is 1.37 Å². The highest BCUT2D eigenvalue weighted by molar-refractivity contribution is 6.13. The van der Waals surface area contributed by atoms with Gasteiger partial charge in [-0.15, -0.1) is 0 Å². The Bertz CT molecular complexity index is 1750. The number of pyridine rings is 1. The minimum absolute atomic E-state index is 0.206. The van der Waals surface area contributed by atoms with Gasteiger partial charge in [-0.3, -0.25) is 0 Å². The summed E-state index contributed by atoms with van der Waals surface area (Å²) in [5.41, 5.74) is 8.26. The molecule has 2 heteroatoms. The van der Waals surface area contributed by atoms with Crippen molar-refractivity contribution in [2.75, 3.05) is 0 Å². The zero-order valence-corrected chi connectivity index (χ0v) is 21.1. The smallest absolute Gasteiger partial charge is 0.216 e. The number of nitrogens with zero attached hydrogens (tertiary/aromatic N) is 1. The van der Waals surface area contributed by atoms with Crippen molar-refractivity contribution >= 4 is 21.9 Å². The molecule has 2 nitrogen and oxygen atoms in total. The summed E-state index contributed by atoms with van der Waals surface area (Å²) < 4.78 is 36.8. The van der Waals surface area contributed by atoms with E-state index in [1.807, 2.05) is 30.3 Å². The lowest BCUT2D eigenvalue weighted by Gasteiger charge is -2.28. The Kier molecular flexibility index (Phi) is 4.51. The van der Waals surface area contributed by atoms with E-state index < -0.39 is 12.3 Å². The lowest BCUT2D eigenvalue weighted by Crippen LogP contribution is -2.30. The molecule has 0 N–H and O–H groups in total. The maximum absolute atomic E-state index is 9.62. The number of benzene rings is 3. The van der Waals surface area contributed by atoms with Gasteiger partial charge in [0.15, 0.2) is 6.20 Å². The Morgan fingerprint density at radius 1 is 0.833 bits per heavy atom. The number of para-hydroxylation sites is 1. The summed E-state index contributed by atoms with van der Waals surface area (Å²) in [7, 11) is 2.05. The van der Waals surface area contributed by atoms with Crippen molar-refractivity contribution < 1.29 is 13.1 Å². The molecular formula is C34H34NO+. The van der Waals surface area contributed by atoms with Crippen LogP contribution in [0.3, 0.4) is 0 Å². The van der Waals surface area contributed by atoms with Crippen molar-refractivity contribution in [2.45, 2.75) is 57.7 Å². The zero-order chi connectivity index (χ0) is 26.9. The van der Waals surface area contributed by atoms with Crippen LogP contribution in [0.1, 0.15) is 65.2 Å². The molecule has 1 atom stereocenters. The van der Waals surface area contributed by atoms with Crippen LogP contribution in [-0.2, 0) is 13.4 Å². The molecule has 0 bridgehead atoms. The van der Waals surface area contributed by atoms with Gasteiger partial charge in [0.2, 0.25) is 5.69 Å². The summed E-state index contributed by atoms with van der Waals surface area (Å²) in [6.45, 7) is 2.12. The molecule has 0 aliphatic heterocycles. The standard InChI is InChI=1S/C34H34NO/c1-22-17-18-30-29-15-9-14-28(33(29)36-34(30)32(22)31-16-6-7-21-35(31)2)26-13-8-12-25-24(19-20-27(25)26)23-10-4-3-5-11-23/h6-9,12-18,21,23-24H,3-5,10-11,19-20H2,1-2H3/q+1/i20D2,24D. The lowest BCUT2D eigenvalue weighted by atomic mass is 9.77. The van der Waals surface area contributed by atoms with E-state index >= 15 is 0 Å². The molecule has 1 saturated carbocycles. The molecule has 1 fully saturated rings. The molecule has 5 aromatic rings. The lowest BCUT2D eigenvalue weighted by molar-refractivity contribution is -0.660. The van der Waals surface area contributed by atoms with Crippen molar-refractivity contribution in [2.24, 2.45) is 13.0 Å². The monoisotopic (exact) mass is 475 g/mol. The molecule has 2 aromatic heterocycles. The maximum Gasteiger partial charge on any atom is 0.216 e. The number of aryl methyl sites for hydroxylation is 2. The molecule has 2 aliphatic carbocycles. The number of fused-ring (bicyclic) bond motifs is 4. The van der Waals surface area contributed by atoms with Gasteiger partial charge in [0.25, 0.3) is 0 Å². The van der Waals surface area contributed by atoms with Gasteiger partial charge in [-0.25, -0.2) is 4.57 Å². The van der Waals surface area contributed by atoms with Crippen molar-refractivity contribution in [1.82, 2.24) is 0 Å². The van der Waals surface area contributed by atoms with Crippen LogP contribution in [0.4, 0.5) is 0 Å². The summed E-state index contributed by atoms with van der Waals surface area (Å²) in [6, 6.07) is 22.7. The normalized spacial score (nSPS) is 22.9. The van der Waals surface area contributed by atoms with Gasteiger partial charge in [-0.2, -0.15) is 0 Å². The van der Waals surface area contributed by atoms with Gasteiger partial charge in [-0.1, -0.05) is 67.8 Å². The number of hydrogen-bond donors (Lipinski definition) is 0. The van der Waals surface area contributed by atoms with Crippen molar-refractivity contribution in [3.8, 4) is 22.4 Å². The molecule has 0 saturated heterocycles. The summed E-state index contributed by atoms with van der Waals surface area (Å²) in [5.74, 6) is -0.680. The van der Waals surface area contributed by atoms with Crippen LogP contribution in [0.25, 0.3) is 44.3 Å². The number of furan rings is 1. The third-order valence-corrected chi connectivity index (χ3v) is 8.44. The summed E-state index contributed by atoms with van der Waals surface area (Å²) in [5, 5.41) is 2.09. The van der Waals surface area contributed by atoms with E-state index in [-0.39, 0.29) is 12.3 Å². The minimum Gasteiger partial charge on any atom is -0.454 e. The fourth-order valence-electron chi connectivity index (χ4n) is 6.60. The average molecular weight is 476 g/mol. The second-order valence-electron chi connectivity index (χ2n) is 10.6. The Labute approximate surface area is 217 Å². The second kappa shape index (κ2) is 8.62. The van der Waals surface area contributed by atoms with Gasteiger partial charge < -0.3 is 4.42 Å². The van der Waals surface area contributed by atoms with Crippen LogP contribution in [0.15, 0.2) is 77.3 Å². The van der Waals surface area contributed by atoms with Crippen LogP contribution < -0.4 is 4.57 Å². The van der Waals surface area contributed by atoms with E-state index in [2.05, 4.69) is 61.1 Å². The molecule has 0 amide bonds. The molecule has 36 heavy (non-hydrogen) atoms. The highest BCUT2D eigenvalue weighted by Crippen LogP contribution is 2.48. The topological polar surface area (TPSA) is 17.0 Å². The van der Waals surface area contributed by atoms with Crippen molar-refractivity contribution in [3.05, 3.63) is 89.6 Å². The number of rotatable bonds is 3. The van der Waals surface area contributed by atoms with Crippen LogP contribution >= 0.6 is 0 Å². The van der Waals surface area contributed by atoms with E-state index in [0.29, 0.717) is 5.56 Å². The Hall–Kier alpha value is -3.39. The SMILES string of the molecule is [2H]C1([2H])CC([2H])(C2CCCCC2)c2cccc(-c3cccc4c3oc3c(-c5cccc[n+]5C)c(C)ccc34)c21.